The molecule has 263 valence electrons. The van der Waals surface area contributed by atoms with Gasteiger partial charge in [-0.2, -0.15) is 0 Å². The van der Waals surface area contributed by atoms with Gasteiger partial charge in [-0.25, -0.2) is 0 Å². The van der Waals surface area contributed by atoms with Crippen LogP contribution in [0.25, 0.3) is 5.32 Å². The second kappa shape index (κ2) is 21.9. The van der Waals surface area contributed by atoms with Crippen molar-refractivity contribution in [3.8, 4) is 0 Å². The zero-order chi connectivity index (χ0) is 35.3. The molecule has 0 atom stereocenters. The average Bonchev–Trinajstić information content (AvgIpc) is 3.07. The van der Waals surface area contributed by atoms with Gasteiger partial charge in [0.25, 0.3) is 0 Å². The van der Waals surface area contributed by atoms with E-state index in [4.69, 9.17) is 5.32 Å². The van der Waals surface area contributed by atoms with Gasteiger partial charge in [0.05, 0.1) is 26.5 Å². The van der Waals surface area contributed by atoms with Gasteiger partial charge < -0.3 is 25.8 Å². The molecule has 6 heteroatoms. The Kier molecular flexibility index (Phi) is 19.2. The Balaban J connectivity index is 0.000000666. The molecule has 0 aliphatic rings. The SMILES string of the molecule is [CH2-][Si](C)(C)C.[CH2-][Si](C)(C)C.[CH3-].[Y].c1ccc([PH+](c2ccccc2)c2ccccc2[N-]c2ccccc2[PH+](c2ccccc2)c2ccccc2)cc1. The second-order valence-corrected chi connectivity index (χ2v) is 29.6. The fourth-order valence-corrected chi connectivity index (χ4v) is 10.4. The minimum absolute atomic E-state index is 0. The molecule has 6 aromatic carbocycles. The van der Waals surface area contributed by atoms with E-state index >= 15 is 0 Å². The standard InChI is InChI=1S/C36H28NP2.2C4H11Si.CH3.Y/c1-5-17-29(18-6-1)38(30-19-7-2-8-20-30)35-27-15-13-25-33(35)37-34-26-14-16-28-36(34)39(31-21-9-3-10-22-31)32-23-11-4-12-24-32;2*1-5(2,3)4;;/h1-28H;2*1H2,2-4H3;1H3;/q4*-1;/p+2. The first-order chi connectivity index (χ1) is 23.4. The van der Waals surface area contributed by atoms with E-state index in [0.29, 0.717) is 0 Å². The third-order valence-corrected chi connectivity index (χ3v) is 12.4. The predicted octanol–water partition coefficient (Wildman–Crippen LogP) is 10.8. The molecule has 1 nitrogen and oxygen atoms in total. The van der Waals surface area contributed by atoms with Crippen molar-refractivity contribution < 1.29 is 32.7 Å². The Bertz CT molecular complexity index is 1600. The van der Waals surface area contributed by atoms with Gasteiger partial charge in [0, 0.05) is 32.7 Å². The maximum Gasteiger partial charge on any atom is 0.102 e. The summed E-state index contributed by atoms with van der Waals surface area (Å²) < 4.78 is 0. The summed E-state index contributed by atoms with van der Waals surface area (Å²) in [7, 11) is -4.22. The number of rotatable bonds is 8. The topological polar surface area (TPSA) is 14.1 Å². The van der Waals surface area contributed by atoms with Crippen molar-refractivity contribution >= 4 is 75.2 Å². The number of benzene rings is 6. The molecule has 0 saturated carbocycles. The van der Waals surface area contributed by atoms with E-state index in [1.165, 1.54) is 31.8 Å². The maximum absolute atomic E-state index is 5.44. The summed E-state index contributed by atoms with van der Waals surface area (Å²) in [5, 5.41) is 13.5. The van der Waals surface area contributed by atoms with Crippen LogP contribution in [-0.2, 0) is 32.7 Å². The molecule has 6 rings (SSSR count). The van der Waals surface area contributed by atoms with Gasteiger partial charge in [0.15, 0.2) is 0 Å². The van der Waals surface area contributed by atoms with Gasteiger partial charge in [-0.1, -0.05) is 160 Å². The summed E-state index contributed by atoms with van der Waals surface area (Å²) in [5.74, 6) is 0. The second-order valence-electron chi connectivity index (χ2n) is 14.5. The van der Waals surface area contributed by atoms with Crippen molar-refractivity contribution in [3.63, 3.8) is 0 Å². The summed E-state index contributed by atoms with van der Waals surface area (Å²) in [5.41, 5.74) is 2.10. The van der Waals surface area contributed by atoms with Gasteiger partial charge in [0.1, 0.15) is 21.2 Å². The van der Waals surface area contributed by atoms with Crippen molar-refractivity contribution in [1.82, 2.24) is 0 Å². The fraction of sp³-hybridized carbons (Fsp3) is 0.133. The van der Waals surface area contributed by atoms with E-state index in [9.17, 15) is 0 Å². The van der Waals surface area contributed by atoms with Crippen molar-refractivity contribution in [1.29, 1.82) is 0 Å². The normalized spacial score (nSPS) is 10.8. The number of hydrogen-bond acceptors (Lipinski definition) is 0. The summed E-state index contributed by atoms with van der Waals surface area (Å²) in [6, 6.07) is 61.1. The van der Waals surface area contributed by atoms with Crippen molar-refractivity contribution in [2.45, 2.75) is 39.3 Å². The molecule has 0 amide bonds. The van der Waals surface area contributed by atoms with E-state index in [1.54, 1.807) is 0 Å². The van der Waals surface area contributed by atoms with Crippen LogP contribution in [0.15, 0.2) is 170 Å². The first-order valence-electron chi connectivity index (χ1n) is 17.0. The monoisotopic (exact) mass is 816 g/mol. The minimum Gasteiger partial charge on any atom is -0.651 e. The molecule has 0 fully saturated rings. The molecule has 0 unspecified atom stereocenters. The Labute approximate surface area is 340 Å². The molecular formula is C45H55NP2Si2Y-2. The Hall–Kier alpha value is -2.48. The predicted molar refractivity (Wildman–Crippen MR) is 240 cm³/mol. The molecule has 0 saturated heterocycles. The fourth-order valence-electron chi connectivity index (χ4n) is 5.07. The third-order valence-electron chi connectivity index (χ3n) is 6.84. The molecular weight excluding hydrogens is 762 g/mol. The molecule has 1 radical (unpaired) electrons. The first-order valence-corrected chi connectivity index (χ1v) is 27.4. The van der Waals surface area contributed by atoms with Crippen LogP contribution in [0, 0.1) is 20.5 Å². The Morgan fingerprint density at radius 1 is 0.373 bits per heavy atom. The van der Waals surface area contributed by atoms with E-state index in [-0.39, 0.29) is 40.1 Å². The number of hydrogen-bond donors (Lipinski definition) is 0. The van der Waals surface area contributed by atoms with Crippen LogP contribution in [0.2, 0.25) is 39.3 Å². The summed E-state index contributed by atoms with van der Waals surface area (Å²) in [4.78, 5) is 0. The van der Waals surface area contributed by atoms with Crippen LogP contribution >= 0.6 is 15.8 Å². The van der Waals surface area contributed by atoms with Crippen LogP contribution in [0.5, 0.6) is 0 Å². The van der Waals surface area contributed by atoms with Gasteiger partial charge in [-0.3, -0.25) is 0 Å². The zero-order valence-electron chi connectivity index (χ0n) is 31.6. The van der Waals surface area contributed by atoms with E-state index in [2.05, 4.69) is 222 Å². The molecule has 0 aliphatic carbocycles. The molecule has 6 aromatic rings. The van der Waals surface area contributed by atoms with Crippen molar-refractivity contribution in [3.05, 3.63) is 196 Å². The average molecular weight is 817 g/mol. The minimum atomic E-state index is -1.25. The summed E-state index contributed by atoms with van der Waals surface area (Å²) in [6.07, 6.45) is 0. The molecule has 0 bridgehead atoms. The van der Waals surface area contributed by atoms with E-state index in [0.717, 1.165) is 11.4 Å². The van der Waals surface area contributed by atoms with Crippen LogP contribution in [-0.4, -0.2) is 16.1 Å². The number of nitrogens with zero attached hydrogens (tertiary/aromatic N) is 1. The van der Waals surface area contributed by atoms with Gasteiger partial charge in [-0.15, -0.1) is 16.1 Å². The van der Waals surface area contributed by atoms with Crippen LogP contribution < -0.4 is 31.8 Å². The summed E-state index contributed by atoms with van der Waals surface area (Å²) in [6.45, 7) is 21.1. The molecule has 0 aromatic heterocycles. The van der Waals surface area contributed by atoms with Crippen LogP contribution in [0.4, 0.5) is 11.4 Å². The summed E-state index contributed by atoms with van der Waals surface area (Å²) >= 11 is 0. The van der Waals surface area contributed by atoms with Crippen LogP contribution in [0.3, 0.4) is 0 Å². The zero-order valence-corrected chi connectivity index (χ0v) is 38.4. The van der Waals surface area contributed by atoms with Gasteiger partial charge in [0.2, 0.25) is 0 Å². The van der Waals surface area contributed by atoms with Gasteiger partial charge in [-0.05, 0) is 60.7 Å². The van der Waals surface area contributed by atoms with Gasteiger partial charge >= 0.3 is 0 Å². The van der Waals surface area contributed by atoms with E-state index in [1.807, 2.05) is 0 Å². The third kappa shape index (κ3) is 15.6. The Morgan fingerprint density at radius 3 is 0.804 bits per heavy atom. The smallest absolute Gasteiger partial charge is 0.102 e. The quantitative estimate of drug-likeness (QED) is 0.0825. The van der Waals surface area contributed by atoms with Crippen molar-refractivity contribution in [2.24, 2.45) is 0 Å². The first kappa shape index (κ1) is 44.7. The molecule has 0 aliphatic heterocycles. The Morgan fingerprint density at radius 2 is 0.569 bits per heavy atom. The number of para-hydroxylation sites is 2. The van der Waals surface area contributed by atoms with Crippen LogP contribution in [0.1, 0.15) is 0 Å². The largest absolute Gasteiger partial charge is 0.651 e. The maximum atomic E-state index is 5.44. The molecule has 0 N–H and O–H groups in total. The molecule has 51 heavy (non-hydrogen) atoms. The van der Waals surface area contributed by atoms with Crippen molar-refractivity contribution in [2.75, 3.05) is 0 Å². The molecule has 0 heterocycles. The molecule has 0 spiro atoms. The van der Waals surface area contributed by atoms with E-state index < -0.39 is 32.0 Å².